The number of halogens is 3. The lowest BCUT2D eigenvalue weighted by Crippen LogP contribution is -2.19. The lowest BCUT2D eigenvalue weighted by Gasteiger charge is -2.24. The van der Waals surface area contributed by atoms with Crippen molar-refractivity contribution >= 4 is 5.91 Å². The van der Waals surface area contributed by atoms with Crippen LogP contribution in [0, 0.1) is 0 Å². The molecule has 1 aliphatic heterocycles. The van der Waals surface area contributed by atoms with Crippen LogP contribution in [-0.4, -0.2) is 20.7 Å². The summed E-state index contributed by atoms with van der Waals surface area (Å²) < 4.78 is 40.2. The monoisotopic (exact) mass is 325 g/mol. The van der Waals surface area contributed by atoms with Gasteiger partial charge in [-0.2, -0.15) is 13.2 Å². The summed E-state index contributed by atoms with van der Waals surface area (Å²) in [6.45, 7) is 0.447. The molecule has 1 amide bonds. The van der Waals surface area contributed by atoms with Gasteiger partial charge in [0.15, 0.2) is 0 Å². The van der Waals surface area contributed by atoms with Gasteiger partial charge >= 0.3 is 6.18 Å². The van der Waals surface area contributed by atoms with Gasteiger partial charge in [-0.05, 0) is 18.1 Å². The number of hydrogen-bond donors (Lipinski definition) is 2. The largest absolute Gasteiger partial charge is 0.416 e. The molecule has 0 aliphatic carbocycles. The van der Waals surface area contributed by atoms with Gasteiger partial charge in [0.1, 0.15) is 11.5 Å². The predicted octanol–water partition coefficient (Wildman–Crippen LogP) is 2.75. The van der Waals surface area contributed by atoms with Crippen LogP contribution >= 0.6 is 0 Å². The van der Waals surface area contributed by atoms with E-state index in [0.717, 1.165) is 6.07 Å². The molecule has 2 aromatic rings. The van der Waals surface area contributed by atoms with E-state index in [1.807, 2.05) is 0 Å². The molecule has 5 nitrogen and oxygen atoms in total. The maximum atomic E-state index is 12.8. The number of benzene rings is 1. The smallest absolute Gasteiger partial charge is 0.333 e. The van der Waals surface area contributed by atoms with Gasteiger partial charge in [-0.1, -0.05) is 18.2 Å². The van der Waals surface area contributed by atoms with Crippen molar-refractivity contribution in [2.24, 2.45) is 0 Å². The molecule has 0 fully saturated rings. The number of carbonyl (C=O) groups excluding carboxylic acids is 1. The summed E-state index contributed by atoms with van der Waals surface area (Å²) in [6, 6.07) is 5.32. The highest BCUT2D eigenvalue weighted by Gasteiger charge is 2.31. The number of nitrogens with zero attached hydrogens (tertiary/aromatic N) is 2. The summed E-state index contributed by atoms with van der Waals surface area (Å²) >= 11 is 0. The molecule has 1 aromatic heterocycles. The molecule has 0 saturated carbocycles. The van der Waals surface area contributed by atoms with Gasteiger partial charge in [0.2, 0.25) is 0 Å². The second kappa shape index (κ2) is 5.69. The van der Waals surface area contributed by atoms with Crippen LogP contribution in [0.4, 0.5) is 13.2 Å². The Bertz CT molecular complexity index is 740. The maximum Gasteiger partial charge on any atom is 0.416 e. The molecule has 0 saturated heterocycles. The average molecular weight is 325 g/mol. The van der Waals surface area contributed by atoms with Crippen LogP contribution < -0.4 is 5.48 Å². The number of carbonyl (C=O) groups is 1. The Kier molecular flexibility index (Phi) is 3.85. The number of hydrogen-bond acceptors (Lipinski definition) is 3. The molecule has 3 rings (SSSR count). The van der Waals surface area contributed by atoms with Gasteiger partial charge in [-0.15, -0.1) is 0 Å². The molecule has 1 unspecified atom stereocenters. The Morgan fingerprint density at radius 2 is 2.17 bits per heavy atom. The zero-order chi connectivity index (χ0) is 16.6. The van der Waals surface area contributed by atoms with E-state index in [4.69, 9.17) is 5.21 Å². The summed E-state index contributed by atoms with van der Waals surface area (Å²) in [5, 5.41) is 8.63. The van der Waals surface area contributed by atoms with Gasteiger partial charge < -0.3 is 4.57 Å². The second-order valence-corrected chi connectivity index (χ2v) is 5.49. The van der Waals surface area contributed by atoms with E-state index in [2.05, 4.69) is 4.98 Å². The summed E-state index contributed by atoms with van der Waals surface area (Å²) in [5.74, 6) is -0.0987. The minimum absolute atomic E-state index is 0.0796. The Morgan fingerprint density at radius 1 is 1.39 bits per heavy atom. The van der Waals surface area contributed by atoms with Gasteiger partial charge in [-0.25, -0.2) is 10.5 Å². The van der Waals surface area contributed by atoms with E-state index >= 15 is 0 Å². The van der Waals surface area contributed by atoms with Crippen molar-refractivity contribution in [3.8, 4) is 0 Å². The first-order chi connectivity index (χ1) is 10.9. The molecule has 1 atom stereocenters. The third-order valence-electron chi connectivity index (χ3n) is 4.01. The van der Waals surface area contributed by atoms with Crippen molar-refractivity contribution in [3.63, 3.8) is 0 Å². The fourth-order valence-electron chi connectivity index (χ4n) is 2.85. The SMILES string of the molecule is O=C(NO)c1cn2c(n1)CCC(c1cccc(C(F)(F)F)c1)C2. The number of fused-ring (bicyclic) bond motifs is 1. The number of amides is 1. The number of imidazole rings is 1. The molecule has 122 valence electrons. The summed E-state index contributed by atoms with van der Waals surface area (Å²) in [6.07, 6.45) is -1.66. The highest BCUT2D eigenvalue weighted by atomic mass is 19.4. The maximum absolute atomic E-state index is 12.8. The topological polar surface area (TPSA) is 67.2 Å². The second-order valence-electron chi connectivity index (χ2n) is 5.49. The van der Waals surface area contributed by atoms with E-state index in [-0.39, 0.29) is 11.6 Å². The highest BCUT2D eigenvalue weighted by Crippen LogP contribution is 2.34. The Morgan fingerprint density at radius 3 is 2.87 bits per heavy atom. The number of aromatic nitrogens is 2. The number of nitrogens with one attached hydrogen (secondary N) is 1. The van der Waals surface area contributed by atoms with Gasteiger partial charge in [0.25, 0.3) is 5.91 Å². The summed E-state index contributed by atoms with van der Waals surface area (Å²) in [4.78, 5) is 15.5. The van der Waals surface area contributed by atoms with Gasteiger partial charge in [0, 0.05) is 25.1 Å². The molecular formula is C15H14F3N3O2. The van der Waals surface area contributed by atoms with Crippen molar-refractivity contribution in [1.82, 2.24) is 15.0 Å². The summed E-state index contributed by atoms with van der Waals surface area (Å²) in [7, 11) is 0. The molecule has 0 bridgehead atoms. The van der Waals surface area contributed by atoms with Gasteiger partial charge in [0.05, 0.1) is 5.56 Å². The van der Waals surface area contributed by atoms with Crippen LogP contribution in [-0.2, 0) is 19.1 Å². The minimum atomic E-state index is -4.36. The van der Waals surface area contributed by atoms with Crippen molar-refractivity contribution in [1.29, 1.82) is 0 Å². The van der Waals surface area contributed by atoms with E-state index in [1.165, 1.54) is 23.8 Å². The van der Waals surface area contributed by atoms with Crippen molar-refractivity contribution in [3.05, 3.63) is 53.1 Å². The molecule has 2 N–H and O–H groups in total. The lowest BCUT2D eigenvalue weighted by molar-refractivity contribution is -0.137. The first-order valence-electron chi connectivity index (χ1n) is 7.06. The number of hydroxylamine groups is 1. The molecule has 2 heterocycles. The Balaban J connectivity index is 1.85. The molecule has 1 aromatic carbocycles. The number of alkyl halides is 3. The molecule has 1 aliphatic rings. The lowest BCUT2D eigenvalue weighted by atomic mass is 9.90. The molecule has 23 heavy (non-hydrogen) atoms. The standard InChI is InChI=1S/C15H14F3N3O2/c16-15(17,18)11-3-1-2-9(6-11)10-4-5-13-19-12(14(22)20-23)8-21(13)7-10/h1-3,6,8,10,23H,4-5,7H2,(H,20,22). The third kappa shape index (κ3) is 3.07. The first kappa shape index (κ1) is 15.5. The quantitative estimate of drug-likeness (QED) is 0.659. The molecular weight excluding hydrogens is 311 g/mol. The van der Waals surface area contributed by atoms with Crippen molar-refractivity contribution in [2.45, 2.75) is 31.5 Å². The van der Waals surface area contributed by atoms with Crippen molar-refractivity contribution in [2.75, 3.05) is 0 Å². The molecule has 0 radical (unpaired) electrons. The van der Waals surface area contributed by atoms with Crippen LogP contribution in [0.3, 0.4) is 0 Å². The van der Waals surface area contributed by atoms with Crippen LogP contribution in [0.1, 0.15) is 39.8 Å². The van der Waals surface area contributed by atoms with Gasteiger partial charge in [-0.3, -0.25) is 10.0 Å². The fourth-order valence-corrected chi connectivity index (χ4v) is 2.85. The van der Waals surface area contributed by atoms with E-state index < -0.39 is 17.6 Å². The Labute approximate surface area is 129 Å². The zero-order valence-corrected chi connectivity index (χ0v) is 12.0. The average Bonchev–Trinajstić information content (AvgIpc) is 2.96. The molecule has 8 heteroatoms. The summed E-state index contributed by atoms with van der Waals surface area (Å²) in [5.41, 5.74) is 1.57. The fraction of sp³-hybridized carbons (Fsp3) is 0.333. The normalized spacial score (nSPS) is 17.7. The van der Waals surface area contributed by atoms with Crippen LogP contribution in [0.2, 0.25) is 0 Å². The number of aryl methyl sites for hydroxylation is 1. The first-order valence-corrected chi connectivity index (χ1v) is 7.06. The molecule has 0 spiro atoms. The third-order valence-corrected chi connectivity index (χ3v) is 4.01. The Hall–Kier alpha value is -2.35. The van der Waals surface area contributed by atoms with Crippen molar-refractivity contribution < 1.29 is 23.2 Å². The van der Waals surface area contributed by atoms with Crippen LogP contribution in [0.5, 0.6) is 0 Å². The van der Waals surface area contributed by atoms with E-state index in [1.54, 1.807) is 10.6 Å². The van der Waals surface area contributed by atoms with Crippen LogP contribution in [0.15, 0.2) is 30.5 Å². The zero-order valence-electron chi connectivity index (χ0n) is 12.0. The predicted molar refractivity (Wildman–Crippen MR) is 74.0 cm³/mol. The van der Waals surface area contributed by atoms with Crippen LogP contribution in [0.25, 0.3) is 0 Å². The van der Waals surface area contributed by atoms with E-state index in [0.29, 0.717) is 30.8 Å². The van der Waals surface area contributed by atoms with E-state index in [9.17, 15) is 18.0 Å². The number of rotatable bonds is 2. The highest BCUT2D eigenvalue weighted by molar-refractivity contribution is 5.91. The minimum Gasteiger partial charge on any atom is -0.333 e.